The van der Waals surface area contributed by atoms with Crippen LogP contribution in [0, 0.1) is 16.0 Å². The van der Waals surface area contributed by atoms with Gasteiger partial charge in [-0.15, -0.1) is 0 Å². The van der Waals surface area contributed by atoms with Crippen LogP contribution in [-0.4, -0.2) is 63.6 Å². The van der Waals surface area contributed by atoms with Gasteiger partial charge in [-0.05, 0) is 30.0 Å². The van der Waals surface area contributed by atoms with Crippen molar-refractivity contribution in [2.24, 2.45) is 10.9 Å². The van der Waals surface area contributed by atoms with E-state index in [0.29, 0.717) is 18.5 Å². The molecule has 4 rings (SSSR count). The van der Waals surface area contributed by atoms with Crippen LogP contribution in [0.5, 0.6) is 0 Å². The lowest BCUT2D eigenvalue weighted by Gasteiger charge is -2.38. The summed E-state index contributed by atoms with van der Waals surface area (Å²) in [4.78, 5) is 56.6. The van der Waals surface area contributed by atoms with Crippen molar-refractivity contribution in [1.82, 2.24) is 9.80 Å². The predicted molar refractivity (Wildman–Crippen MR) is 149 cm³/mol. The minimum atomic E-state index is -1.18. The number of aliphatic carboxylic acids is 1. The lowest BCUT2D eigenvalue weighted by atomic mass is 9.86. The zero-order chi connectivity index (χ0) is 28.8. The largest absolute Gasteiger partial charge is 0.481 e. The molecule has 1 N–H and O–H groups in total. The van der Waals surface area contributed by atoms with Crippen molar-refractivity contribution >= 4 is 29.3 Å². The van der Waals surface area contributed by atoms with Crippen LogP contribution in [0.4, 0.5) is 10.5 Å². The first-order valence-corrected chi connectivity index (χ1v) is 12.9. The Morgan fingerprint density at radius 1 is 1.02 bits per heavy atom. The molecule has 1 aliphatic heterocycles. The Hall–Kier alpha value is -4.86. The second-order valence-corrected chi connectivity index (χ2v) is 9.71. The summed E-state index contributed by atoms with van der Waals surface area (Å²) >= 11 is 0. The maximum atomic E-state index is 13.6. The quantitative estimate of drug-likeness (QED) is 0.286. The number of nitro groups is 1. The van der Waals surface area contributed by atoms with Gasteiger partial charge in [0.05, 0.1) is 16.9 Å². The molecule has 206 valence electrons. The highest BCUT2D eigenvalue weighted by Crippen LogP contribution is 2.36. The number of benzene rings is 3. The number of nitro benzene ring substituents is 1. The Labute approximate surface area is 231 Å². The van der Waals surface area contributed by atoms with Crippen molar-refractivity contribution in [3.05, 3.63) is 112 Å². The number of aliphatic imine (C=N–C) groups is 1. The molecule has 40 heavy (non-hydrogen) atoms. The van der Waals surface area contributed by atoms with E-state index in [2.05, 4.69) is 4.99 Å². The van der Waals surface area contributed by atoms with Gasteiger partial charge >= 0.3 is 12.0 Å². The molecule has 0 bridgehead atoms. The number of urea groups is 1. The average molecular weight is 543 g/mol. The number of rotatable bonds is 10. The highest BCUT2D eigenvalue weighted by Gasteiger charge is 2.42. The molecule has 3 aromatic rings. The molecular formula is C30H30N4O6. The maximum Gasteiger partial charge on any atom is 0.344 e. The van der Waals surface area contributed by atoms with Crippen LogP contribution in [0.2, 0.25) is 0 Å². The van der Waals surface area contributed by atoms with Crippen LogP contribution in [0.25, 0.3) is 0 Å². The van der Waals surface area contributed by atoms with E-state index in [0.717, 1.165) is 11.1 Å². The van der Waals surface area contributed by atoms with E-state index in [9.17, 15) is 29.6 Å². The third-order valence-corrected chi connectivity index (χ3v) is 7.09. The first-order chi connectivity index (χ1) is 19.2. The third-order valence-electron chi connectivity index (χ3n) is 7.09. The van der Waals surface area contributed by atoms with Gasteiger partial charge in [0.1, 0.15) is 5.92 Å². The van der Waals surface area contributed by atoms with Gasteiger partial charge in [0, 0.05) is 38.0 Å². The number of carbonyl (C=O) groups is 3. The fourth-order valence-corrected chi connectivity index (χ4v) is 5.13. The summed E-state index contributed by atoms with van der Waals surface area (Å²) in [5.41, 5.74) is 1.98. The number of carboxylic acids is 1. The van der Waals surface area contributed by atoms with Crippen molar-refractivity contribution in [2.75, 3.05) is 20.1 Å². The Kier molecular flexibility index (Phi) is 8.68. The van der Waals surface area contributed by atoms with Gasteiger partial charge in [-0.1, -0.05) is 72.8 Å². The Morgan fingerprint density at radius 3 is 2.17 bits per heavy atom. The van der Waals surface area contributed by atoms with E-state index >= 15 is 0 Å². The van der Waals surface area contributed by atoms with Crippen molar-refractivity contribution in [3.8, 4) is 0 Å². The highest BCUT2D eigenvalue weighted by atomic mass is 16.6. The molecule has 10 heteroatoms. The first kappa shape index (κ1) is 28.2. The molecule has 0 saturated carbocycles. The summed E-state index contributed by atoms with van der Waals surface area (Å²) in [6, 6.07) is 23.0. The number of likely N-dealkylation sites (N-methyl/N-ethyl adjacent to an activating group) is 1. The maximum absolute atomic E-state index is 13.6. The molecule has 1 heterocycles. The van der Waals surface area contributed by atoms with Crippen LogP contribution in [0.15, 0.2) is 89.9 Å². The van der Waals surface area contributed by atoms with Crippen LogP contribution < -0.4 is 0 Å². The molecule has 10 nitrogen and oxygen atoms in total. The number of carboxylic acid groups (broad SMARTS) is 1. The van der Waals surface area contributed by atoms with E-state index in [1.807, 2.05) is 60.7 Å². The van der Waals surface area contributed by atoms with E-state index < -0.39 is 34.8 Å². The summed E-state index contributed by atoms with van der Waals surface area (Å²) in [6.07, 6.45) is 0.344. The summed E-state index contributed by atoms with van der Waals surface area (Å²) < 4.78 is 0. The molecule has 0 aromatic heterocycles. The van der Waals surface area contributed by atoms with Crippen LogP contribution in [0.3, 0.4) is 0 Å². The molecule has 2 atom stereocenters. The van der Waals surface area contributed by atoms with E-state index in [1.165, 1.54) is 30.0 Å². The zero-order valence-electron chi connectivity index (χ0n) is 22.2. The number of hydrogen-bond donors (Lipinski definition) is 1. The molecular weight excluding hydrogens is 512 g/mol. The summed E-state index contributed by atoms with van der Waals surface area (Å²) in [7, 11) is 1.69. The summed E-state index contributed by atoms with van der Waals surface area (Å²) in [5, 5.41) is 21.4. The zero-order valence-corrected chi connectivity index (χ0v) is 22.2. The van der Waals surface area contributed by atoms with Gasteiger partial charge in [-0.2, -0.15) is 0 Å². The Morgan fingerprint density at radius 2 is 1.62 bits per heavy atom. The molecule has 1 aliphatic rings. The van der Waals surface area contributed by atoms with E-state index in [-0.39, 0.29) is 23.9 Å². The number of non-ortho nitro benzene ring substituents is 1. The number of hydrogen-bond acceptors (Lipinski definition) is 5. The minimum Gasteiger partial charge on any atom is -0.481 e. The van der Waals surface area contributed by atoms with Crippen molar-refractivity contribution in [1.29, 1.82) is 0 Å². The molecule has 3 aromatic carbocycles. The fourth-order valence-electron chi connectivity index (χ4n) is 5.13. The molecule has 0 radical (unpaired) electrons. The normalized spacial score (nSPS) is 16.9. The smallest absolute Gasteiger partial charge is 0.344 e. The molecule has 0 aliphatic carbocycles. The van der Waals surface area contributed by atoms with Gasteiger partial charge in [0.2, 0.25) is 5.91 Å². The number of nitrogens with zero attached hydrogens (tertiary/aromatic N) is 4. The Balaban J connectivity index is 1.55. The van der Waals surface area contributed by atoms with Crippen molar-refractivity contribution < 1.29 is 24.4 Å². The second kappa shape index (κ2) is 12.3. The molecule has 0 spiro atoms. The van der Waals surface area contributed by atoms with Gasteiger partial charge < -0.3 is 14.9 Å². The van der Waals surface area contributed by atoms with E-state index in [1.54, 1.807) is 18.0 Å². The molecule has 0 fully saturated rings. The fraction of sp³-hybridized carbons (Fsp3) is 0.267. The van der Waals surface area contributed by atoms with Crippen LogP contribution in [-0.2, 0) is 9.59 Å². The summed E-state index contributed by atoms with van der Waals surface area (Å²) in [5.74, 6) is -2.98. The lowest BCUT2D eigenvalue weighted by molar-refractivity contribution is -0.385. The highest BCUT2D eigenvalue weighted by molar-refractivity contribution is 6.07. The van der Waals surface area contributed by atoms with Crippen LogP contribution in [0.1, 0.15) is 42.0 Å². The van der Waals surface area contributed by atoms with Crippen molar-refractivity contribution in [2.45, 2.75) is 25.3 Å². The monoisotopic (exact) mass is 542 g/mol. The van der Waals surface area contributed by atoms with Gasteiger partial charge in [0.15, 0.2) is 0 Å². The second-order valence-electron chi connectivity index (χ2n) is 9.71. The van der Waals surface area contributed by atoms with Gasteiger partial charge in [0.25, 0.3) is 5.69 Å². The van der Waals surface area contributed by atoms with Gasteiger partial charge in [-0.3, -0.25) is 19.7 Å². The SMILES string of the molecule is CC1=NC(=O)N(CCCN(C)C(=O)C(c2ccccc2)c2ccccc2)C(c2cccc([N+](=O)[O-])c2)C1C(=O)O. The number of amides is 3. The third kappa shape index (κ3) is 6.06. The predicted octanol–water partition coefficient (Wildman–Crippen LogP) is 4.91. The number of carbonyl (C=O) groups excluding carboxylic acids is 2. The average Bonchev–Trinajstić information content (AvgIpc) is 2.94. The molecule has 3 amide bonds. The summed E-state index contributed by atoms with van der Waals surface area (Å²) in [6.45, 7) is 1.87. The Bertz CT molecular complexity index is 1390. The van der Waals surface area contributed by atoms with E-state index in [4.69, 9.17) is 0 Å². The topological polar surface area (TPSA) is 133 Å². The van der Waals surface area contributed by atoms with Crippen LogP contribution >= 0.6 is 0 Å². The van der Waals surface area contributed by atoms with Gasteiger partial charge in [-0.25, -0.2) is 9.79 Å². The molecule has 0 saturated heterocycles. The van der Waals surface area contributed by atoms with Crippen molar-refractivity contribution in [3.63, 3.8) is 0 Å². The minimum absolute atomic E-state index is 0.103. The molecule has 2 unspecified atom stereocenters. The lowest BCUT2D eigenvalue weighted by Crippen LogP contribution is -2.47. The first-order valence-electron chi connectivity index (χ1n) is 12.9. The standard InChI is InChI=1S/C30H30N4O6/c1-20-25(29(36)37)27(23-15-9-16-24(19-23)34(39)40)33(30(38)31-20)18-10-17-32(2)28(35)26(21-11-5-3-6-12-21)22-13-7-4-8-14-22/h3-9,11-16,19,25-27H,10,17-18H2,1-2H3,(H,36,37).